The number of allylic oxidation sites excluding steroid dienone is 5. The van der Waals surface area contributed by atoms with E-state index in [0.717, 1.165) is 51.4 Å². The van der Waals surface area contributed by atoms with E-state index in [-0.39, 0.29) is 18.9 Å². The highest BCUT2D eigenvalue weighted by molar-refractivity contribution is 5.76. The van der Waals surface area contributed by atoms with Crippen LogP contribution in [-0.4, -0.2) is 140 Å². The highest BCUT2D eigenvalue weighted by atomic mass is 16.7. The predicted octanol–water partition coefficient (Wildman–Crippen LogP) is 7.49. The molecular formula is C53H97NO13. The Morgan fingerprint density at radius 3 is 1.46 bits per heavy atom. The Morgan fingerprint density at radius 1 is 0.522 bits per heavy atom. The van der Waals surface area contributed by atoms with E-state index in [1.54, 1.807) is 6.08 Å². The van der Waals surface area contributed by atoms with E-state index in [1.807, 2.05) is 6.08 Å². The van der Waals surface area contributed by atoms with Gasteiger partial charge in [-0.2, -0.15) is 0 Å². The molecule has 0 radical (unpaired) electrons. The number of unbranched alkanes of at least 4 members (excludes halogenated alkanes) is 24. The summed E-state index contributed by atoms with van der Waals surface area (Å²) in [6.07, 6.45) is 29.0. The van der Waals surface area contributed by atoms with Crippen LogP contribution in [0.2, 0.25) is 0 Å². The Hall–Kier alpha value is -1.79. The fourth-order valence-electron chi connectivity index (χ4n) is 8.65. The SMILES string of the molecule is CCCCCCCC/C=C\CCCCCCCC(=O)NC(COC1OC(CO)C(OC2OC(CO)C(O)C(O)C2O)C(O)C1O)C(O)/C=C/CC/C=C/CCCCCCCCCCCCCC. The predicted molar refractivity (Wildman–Crippen MR) is 263 cm³/mol. The number of aliphatic hydroxyl groups excluding tert-OH is 8. The number of nitrogens with one attached hydrogen (secondary N) is 1. The van der Waals surface area contributed by atoms with Crippen LogP contribution < -0.4 is 5.32 Å². The average Bonchev–Trinajstić information content (AvgIpc) is 3.32. The molecule has 12 unspecified atom stereocenters. The lowest BCUT2D eigenvalue weighted by molar-refractivity contribution is -0.359. The molecule has 2 saturated heterocycles. The fourth-order valence-corrected chi connectivity index (χ4v) is 8.65. The lowest BCUT2D eigenvalue weighted by atomic mass is 9.97. The first-order valence-electron chi connectivity index (χ1n) is 26.7. The molecule has 9 N–H and O–H groups in total. The largest absolute Gasteiger partial charge is 0.394 e. The number of rotatable bonds is 41. The molecule has 2 fully saturated rings. The quantitative estimate of drug-likeness (QED) is 0.0214. The molecule has 14 nitrogen and oxygen atoms in total. The standard InChI is InChI=1S/C53H97NO13/c1-3-5-7-9-11-13-15-17-19-20-21-23-24-26-28-30-32-34-36-42(57)41(54-45(58)37-35-33-31-29-27-25-22-18-16-14-12-10-8-6-4-2)40-64-52-50(63)48(61)51(44(39-56)66-52)67-53-49(62)47(60)46(59)43(38-55)65-53/h18,22,26,28,34,36,41-44,46-53,55-57,59-63H,3-17,19-21,23-25,27,29-33,35,37-40H2,1-2H3,(H,54,58)/b22-18-,28-26+,36-34+. The Kier molecular flexibility index (Phi) is 36.5. The minimum absolute atomic E-state index is 0.259. The molecule has 0 saturated carbocycles. The second-order valence-corrected chi connectivity index (χ2v) is 19.0. The summed E-state index contributed by atoms with van der Waals surface area (Å²) < 4.78 is 22.7. The van der Waals surface area contributed by atoms with Gasteiger partial charge in [-0.15, -0.1) is 0 Å². The average molecular weight is 956 g/mol. The summed E-state index contributed by atoms with van der Waals surface area (Å²) in [6, 6.07) is -0.933. The summed E-state index contributed by atoms with van der Waals surface area (Å²) >= 11 is 0. The number of hydrogen-bond donors (Lipinski definition) is 9. The topological polar surface area (TPSA) is 228 Å². The van der Waals surface area contributed by atoms with E-state index < -0.39 is 86.8 Å². The lowest BCUT2D eigenvalue weighted by Crippen LogP contribution is -2.65. The molecule has 1 amide bonds. The number of hydrogen-bond acceptors (Lipinski definition) is 13. The zero-order valence-electron chi connectivity index (χ0n) is 41.6. The number of aliphatic hydroxyl groups is 8. The summed E-state index contributed by atoms with van der Waals surface area (Å²) in [5.41, 5.74) is 0. The third-order valence-electron chi connectivity index (χ3n) is 13.0. The van der Waals surface area contributed by atoms with Crippen LogP contribution in [0.4, 0.5) is 0 Å². The molecule has 67 heavy (non-hydrogen) atoms. The van der Waals surface area contributed by atoms with Crippen LogP contribution in [0.3, 0.4) is 0 Å². The van der Waals surface area contributed by atoms with Crippen molar-refractivity contribution >= 4 is 5.91 Å². The molecule has 14 heteroatoms. The van der Waals surface area contributed by atoms with Crippen LogP contribution in [0.25, 0.3) is 0 Å². The molecule has 0 aromatic carbocycles. The van der Waals surface area contributed by atoms with Crippen LogP contribution in [0.1, 0.15) is 200 Å². The van der Waals surface area contributed by atoms with Gasteiger partial charge in [-0.25, -0.2) is 0 Å². The molecule has 0 aromatic heterocycles. The second-order valence-electron chi connectivity index (χ2n) is 19.0. The second kappa shape index (κ2) is 39.9. The van der Waals surface area contributed by atoms with Crippen molar-refractivity contribution in [1.82, 2.24) is 5.32 Å². The summed E-state index contributed by atoms with van der Waals surface area (Å²) in [7, 11) is 0. The number of carbonyl (C=O) groups excluding carboxylic acids is 1. The Balaban J connectivity index is 1.85. The number of amides is 1. The molecule has 2 heterocycles. The zero-order chi connectivity index (χ0) is 48.9. The van der Waals surface area contributed by atoms with Crippen molar-refractivity contribution < 1.29 is 64.6 Å². The maximum Gasteiger partial charge on any atom is 0.220 e. The minimum atomic E-state index is -1.79. The Bertz CT molecular complexity index is 1270. The van der Waals surface area contributed by atoms with Crippen molar-refractivity contribution in [3.8, 4) is 0 Å². The van der Waals surface area contributed by atoms with Crippen molar-refractivity contribution in [2.24, 2.45) is 0 Å². The molecule has 0 bridgehead atoms. The zero-order valence-corrected chi connectivity index (χ0v) is 41.6. The van der Waals surface area contributed by atoms with E-state index >= 15 is 0 Å². The molecular weight excluding hydrogens is 859 g/mol. The fraction of sp³-hybridized carbons (Fsp3) is 0.868. The van der Waals surface area contributed by atoms with Gasteiger partial charge in [0.25, 0.3) is 0 Å². The van der Waals surface area contributed by atoms with Gasteiger partial charge in [-0.1, -0.05) is 172 Å². The van der Waals surface area contributed by atoms with Crippen LogP contribution in [0.5, 0.6) is 0 Å². The van der Waals surface area contributed by atoms with Gasteiger partial charge in [0.1, 0.15) is 48.8 Å². The molecule has 0 spiro atoms. The molecule has 0 aliphatic carbocycles. The summed E-state index contributed by atoms with van der Waals surface area (Å²) in [5.74, 6) is -0.259. The minimum Gasteiger partial charge on any atom is -0.394 e. The van der Waals surface area contributed by atoms with Crippen molar-refractivity contribution in [2.45, 2.75) is 274 Å². The van der Waals surface area contributed by atoms with Crippen molar-refractivity contribution in [3.05, 3.63) is 36.5 Å². The van der Waals surface area contributed by atoms with Crippen LogP contribution >= 0.6 is 0 Å². The highest BCUT2D eigenvalue weighted by Gasteiger charge is 2.51. The van der Waals surface area contributed by atoms with Gasteiger partial charge in [-0.3, -0.25) is 4.79 Å². The first-order chi connectivity index (χ1) is 32.6. The summed E-state index contributed by atoms with van der Waals surface area (Å²) in [5, 5.41) is 86.8. The monoisotopic (exact) mass is 956 g/mol. The van der Waals surface area contributed by atoms with E-state index in [1.165, 1.54) is 116 Å². The Labute approximate surface area is 404 Å². The van der Waals surface area contributed by atoms with Gasteiger partial charge in [-0.05, 0) is 57.8 Å². The van der Waals surface area contributed by atoms with Gasteiger partial charge in [0, 0.05) is 6.42 Å². The third kappa shape index (κ3) is 26.8. The number of ether oxygens (including phenoxy) is 4. The Morgan fingerprint density at radius 2 is 0.955 bits per heavy atom. The van der Waals surface area contributed by atoms with Gasteiger partial charge in [0.15, 0.2) is 12.6 Å². The highest BCUT2D eigenvalue weighted by Crippen LogP contribution is 2.30. The maximum atomic E-state index is 13.2. The van der Waals surface area contributed by atoms with Gasteiger partial charge < -0.3 is 65.1 Å². The van der Waals surface area contributed by atoms with Crippen molar-refractivity contribution in [2.75, 3.05) is 19.8 Å². The lowest BCUT2D eigenvalue weighted by Gasteiger charge is -2.46. The molecule has 392 valence electrons. The summed E-state index contributed by atoms with van der Waals surface area (Å²) in [4.78, 5) is 13.2. The first-order valence-corrected chi connectivity index (χ1v) is 26.7. The van der Waals surface area contributed by atoms with Gasteiger partial charge >= 0.3 is 0 Å². The van der Waals surface area contributed by atoms with E-state index in [0.29, 0.717) is 12.8 Å². The first kappa shape index (κ1) is 61.3. The van der Waals surface area contributed by atoms with Crippen LogP contribution in [0.15, 0.2) is 36.5 Å². The third-order valence-corrected chi connectivity index (χ3v) is 13.0. The van der Waals surface area contributed by atoms with Gasteiger partial charge in [0.05, 0.1) is 32.0 Å². The normalized spacial score (nSPS) is 26.8. The smallest absolute Gasteiger partial charge is 0.220 e. The van der Waals surface area contributed by atoms with Crippen LogP contribution in [0, 0.1) is 0 Å². The van der Waals surface area contributed by atoms with Crippen LogP contribution in [-0.2, 0) is 23.7 Å². The maximum absolute atomic E-state index is 13.2. The summed E-state index contributed by atoms with van der Waals surface area (Å²) in [6.45, 7) is 2.76. The molecule has 12 atom stereocenters. The van der Waals surface area contributed by atoms with Gasteiger partial charge in [0.2, 0.25) is 5.91 Å². The van der Waals surface area contributed by atoms with E-state index in [2.05, 4.69) is 43.5 Å². The molecule has 2 rings (SSSR count). The van der Waals surface area contributed by atoms with Crippen molar-refractivity contribution in [1.29, 1.82) is 0 Å². The van der Waals surface area contributed by atoms with Crippen molar-refractivity contribution in [3.63, 3.8) is 0 Å². The molecule has 2 aliphatic rings. The van der Waals surface area contributed by atoms with E-state index in [9.17, 15) is 45.6 Å². The van der Waals surface area contributed by atoms with E-state index in [4.69, 9.17) is 18.9 Å². The number of carbonyl (C=O) groups is 1. The molecule has 2 aliphatic heterocycles. The molecule has 0 aromatic rings.